The van der Waals surface area contributed by atoms with Crippen molar-refractivity contribution in [2.24, 2.45) is 0 Å². The molecule has 0 bridgehead atoms. The summed E-state index contributed by atoms with van der Waals surface area (Å²) in [6.45, 7) is 0. The third-order valence-corrected chi connectivity index (χ3v) is 7.75. The van der Waals surface area contributed by atoms with E-state index in [2.05, 4.69) is 0 Å². The van der Waals surface area contributed by atoms with Crippen LogP contribution in [0.1, 0.15) is 0 Å². The van der Waals surface area contributed by atoms with Gasteiger partial charge in [0.1, 0.15) is 9.57 Å². The molecule has 3 aromatic rings. The molecule has 0 spiro atoms. The van der Waals surface area contributed by atoms with Crippen molar-refractivity contribution < 1.29 is 13.2 Å². The fourth-order valence-corrected chi connectivity index (χ4v) is 5.86. The van der Waals surface area contributed by atoms with Crippen LogP contribution < -0.4 is 4.74 Å². The fourth-order valence-electron chi connectivity index (χ4n) is 2.31. The van der Waals surface area contributed by atoms with E-state index in [-0.39, 0.29) is 0 Å². The number of hydrogen-bond donors (Lipinski definition) is 0. The van der Waals surface area contributed by atoms with Crippen LogP contribution in [0.4, 0.5) is 0 Å². The number of sulfone groups is 1. The van der Waals surface area contributed by atoms with E-state index < -0.39 is 9.84 Å². The molecule has 7 heteroatoms. The van der Waals surface area contributed by atoms with Crippen LogP contribution in [0, 0.1) is 3.82 Å². The first-order chi connectivity index (χ1) is 11.4. The molecular weight excluding hydrogens is 380 g/mol. The molecular formula is C17H14O3S4. The molecule has 124 valence electrons. The molecule has 0 aliphatic heterocycles. The van der Waals surface area contributed by atoms with Crippen LogP contribution in [-0.4, -0.2) is 21.8 Å². The Balaban J connectivity index is 2.09. The quantitative estimate of drug-likeness (QED) is 0.446. The molecule has 0 unspecified atom stereocenters. The Morgan fingerprint density at radius 1 is 0.917 bits per heavy atom. The zero-order chi connectivity index (χ0) is 17.3. The van der Waals surface area contributed by atoms with E-state index in [9.17, 15) is 8.42 Å². The highest BCUT2D eigenvalue weighted by Gasteiger charge is 2.14. The molecule has 24 heavy (non-hydrogen) atoms. The first-order valence-corrected chi connectivity index (χ1v) is 11.4. The minimum absolute atomic E-state index is 0.307. The van der Waals surface area contributed by atoms with Gasteiger partial charge in [-0.3, -0.25) is 0 Å². The third-order valence-electron chi connectivity index (χ3n) is 3.56. The highest BCUT2D eigenvalue weighted by atomic mass is 32.9. The van der Waals surface area contributed by atoms with Gasteiger partial charge in [0.15, 0.2) is 9.84 Å². The van der Waals surface area contributed by atoms with Crippen LogP contribution in [0.5, 0.6) is 5.75 Å². The standard InChI is InChI=1S/C17H14O3S4/c1-20-13-7-3-12(4-8-13)16-15(17(21)23-22-16)11-5-9-14(10-6-11)24(2,18)19/h3-10H,1-2H3. The van der Waals surface area contributed by atoms with Gasteiger partial charge in [-0.15, -0.1) is 0 Å². The second-order valence-corrected chi connectivity index (χ2v) is 10.0. The van der Waals surface area contributed by atoms with Crippen molar-refractivity contribution in [3.05, 3.63) is 52.4 Å². The third kappa shape index (κ3) is 3.44. The molecule has 0 saturated heterocycles. The molecule has 0 aliphatic rings. The first-order valence-electron chi connectivity index (χ1n) is 6.98. The van der Waals surface area contributed by atoms with Crippen LogP contribution in [0.3, 0.4) is 0 Å². The topological polar surface area (TPSA) is 43.4 Å². The second-order valence-electron chi connectivity index (χ2n) is 5.18. The van der Waals surface area contributed by atoms with Crippen LogP contribution in [0.2, 0.25) is 0 Å². The van der Waals surface area contributed by atoms with Gasteiger partial charge in [-0.2, -0.15) is 0 Å². The van der Waals surface area contributed by atoms with Gasteiger partial charge in [0.25, 0.3) is 0 Å². The SMILES string of the molecule is COc1ccc(-c2ssc(=S)c2-c2ccc(S(C)(=O)=O)cc2)cc1. The summed E-state index contributed by atoms with van der Waals surface area (Å²) in [4.78, 5) is 1.39. The monoisotopic (exact) mass is 394 g/mol. The van der Waals surface area contributed by atoms with Gasteiger partial charge >= 0.3 is 0 Å². The van der Waals surface area contributed by atoms with Crippen molar-refractivity contribution in [2.45, 2.75) is 4.90 Å². The summed E-state index contributed by atoms with van der Waals surface area (Å²) in [7, 11) is 1.61. The summed E-state index contributed by atoms with van der Waals surface area (Å²) in [6, 6.07) is 14.7. The number of benzene rings is 2. The molecule has 1 heterocycles. The largest absolute Gasteiger partial charge is 0.497 e. The van der Waals surface area contributed by atoms with E-state index >= 15 is 0 Å². The molecule has 2 aromatic carbocycles. The Morgan fingerprint density at radius 2 is 1.50 bits per heavy atom. The molecule has 3 nitrogen and oxygen atoms in total. The summed E-state index contributed by atoms with van der Waals surface area (Å²) in [5.41, 5.74) is 2.97. The predicted octanol–water partition coefficient (Wildman–Crippen LogP) is 5.29. The average Bonchev–Trinajstić information content (AvgIpc) is 2.96. The van der Waals surface area contributed by atoms with E-state index in [1.54, 1.807) is 39.9 Å². The highest BCUT2D eigenvalue weighted by molar-refractivity contribution is 7.90. The predicted molar refractivity (Wildman–Crippen MR) is 104 cm³/mol. The second kappa shape index (κ2) is 6.76. The van der Waals surface area contributed by atoms with E-state index in [0.29, 0.717) is 4.90 Å². The number of ether oxygens (including phenoxy) is 1. The summed E-state index contributed by atoms with van der Waals surface area (Å²) in [5, 5.41) is 0. The van der Waals surface area contributed by atoms with Crippen molar-refractivity contribution in [3.8, 4) is 27.3 Å². The number of methoxy groups -OCH3 is 1. The maximum Gasteiger partial charge on any atom is 0.175 e. The molecule has 0 radical (unpaired) electrons. The number of rotatable bonds is 4. The summed E-state index contributed by atoms with van der Waals surface area (Å²) in [5.74, 6) is 0.802. The van der Waals surface area contributed by atoms with Gasteiger partial charge in [0.2, 0.25) is 0 Å². The van der Waals surface area contributed by atoms with Gasteiger partial charge in [-0.05, 0) is 47.5 Å². The molecule has 3 rings (SSSR count). The van der Waals surface area contributed by atoms with E-state index in [1.165, 1.54) is 6.26 Å². The Kier molecular flexibility index (Phi) is 4.87. The normalized spacial score (nSPS) is 11.4. The molecule has 0 atom stereocenters. The Bertz CT molecular complexity index is 1010. The lowest BCUT2D eigenvalue weighted by molar-refractivity contribution is 0.415. The van der Waals surface area contributed by atoms with Crippen molar-refractivity contribution in [1.29, 1.82) is 0 Å². The van der Waals surface area contributed by atoms with Crippen LogP contribution in [-0.2, 0) is 9.84 Å². The maximum atomic E-state index is 11.6. The van der Waals surface area contributed by atoms with E-state index in [1.807, 2.05) is 36.4 Å². The minimum Gasteiger partial charge on any atom is -0.497 e. The lowest BCUT2D eigenvalue weighted by Gasteiger charge is -2.06. The van der Waals surface area contributed by atoms with Crippen molar-refractivity contribution in [2.75, 3.05) is 13.4 Å². The molecule has 0 amide bonds. The Labute approximate surface area is 153 Å². The maximum absolute atomic E-state index is 11.6. The lowest BCUT2D eigenvalue weighted by Crippen LogP contribution is -1.96. The van der Waals surface area contributed by atoms with Gasteiger partial charge in [-0.25, -0.2) is 8.42 Å². The van der Waals surface area contributed by atoms with Crippen LogP contribution in [0.15, 0.2) is 53.4 Å². The van der Waals surface area contributed by atoms with Gasteiger partial charge in [0.05, 0.1) is 16.9 Å². The Hall–Kier alpha value is -1.54. The molecule has 0 saturated carbocycles. The summed E-state index contributed by atoms with van der Waals surface area (Å²) < 4.78 is 29.2. The Morgan fingerprint density at radius 3 is 2.04 bits per heavy atom. The molecule has 0 N–H and O–H groups in total. The lowest BCUT2D eigenvalue weighted by atomic mass is 10.0. The smallest absolute Gasteiger partial charge is 0.175 e. The first kappa shape index (κ1) is 17.3. The van der Waals surface area contributed by atoms with E-state index in [0.717, 1.165) is 31.1 Å². The van der Waals surface area contributed by atoms with Gasteiger partial charge in [0, 0.05) is 11.8 Å². The van der Waals surface area contributed by atoms with Gasteiger partial charge < -0.3 is 4.74 Å². The molecule has 1 aromatic heterocycles. The van der Waals surface area contributed by atoms with Crippen molar-refractivity contribution in [1.82, 2.24) is 0 Å². The minimum atomic E-state index is -3.20. The summed E-state index contributed by atoms with van der Waals surface area (Å²) in [6.07, 6.45) is 1.20. The van der Waals surface area contributed by atoms with Crippen molar-refractivity contribution in [3.63, 3.8) is 0 Å². The van der Waals surface area contributed by atoms with Gasteiger partial charge in [-0.1, -0.05) is 45.0 Å². The average molecular weight is 395 g/mol. The van der Waals surface area contributed by atoms with Crippen LogP contribution in [0.25, 0.3) is 21.6 Å². The number of hydrogen-bond acceptors (Lipinski definition) is 6. The zero-order valence-electron chi connectivity index (χ0n) is 13.0. The fraction of sp³-hybridized carbons (Fsp3) is 0.118. The van der Waals surface area contributed by atoms with Crippen LogP contribution >= 0.6 is 32.9 Å². The van der Waals surface area contributed by atoms with Crippen molar-refractivity contribution >= 4 is 42.7 Å². The molecule has 0 fully saturated rings. The molecule has 0 aliphatic carbocycles. The summed E-state index contributed by atoms with van der Waals surface area (Å²) >= 11 is 5.50. The highest BCUT2D eigenvalue weighted by Crippen LogP contribution is 2.41. The van der Waals surface area contributed by atoms with E-state index in [4.69, 9.17) is 17.0 Å². The zero-order valence-corrected chi connectivity index (χ0v) is 16.2.